The third-order valence-electron chi connectivity index (χ3n) is 1.22. The molecular formula is C6H12N2O3S. The van der Waals surface area contributed by atoms with Crippen LogP contribution in [0.15, 0.2) is 0 Å². The van der Waals surface area contributed by atoms with Crippen LogP contribution in [0.4, 0.5) is 0 Å². The number of carbonyl (C=O) groups excluding carboxylic acids is 2. The molecule has 0 bridgehead atoms. The highest BCUT2D eigenvalue weighted by atomic mass is 32.1. The zero-order valence-corrected chi connectivity index (χ0v) is 7.60. The third kappa shape index (κ3) is 4.20. The van der Waals surface area contributed by atoms with Crippen molar-refractivity contribution in [3.63, 3.8) is 0 Å². The molecule has 0 aromatic carbocycles. The Morgan fingerprint density at radius 2 is 2.17 bits per heavy atom. The Kier molecular flexibility index (Phi) is 5.48. The number of amides is 2. The van der Waals surface area contributed by atoms with E-state index in [0.29, 0.717) is 12.2 Å². The lowest BCUT2D eigenvalue weighted by Gasteiger charge is -2.13. The molecule has 1 atom stereocenters. The summed E-state index contributed by atoms with van der Waals surface area (Å²) in [5.41, 5.74) is 1.47. The Balaban J connectivity index is 4.02. The van der Waals surface area contributed by atoms with Crippen LogP contribution in [0, 0.1) is 0 Å². The van der Waals surface area contributed by atoms with E-state index in [1.807, 2.05) is 0 Å². The maximum absolute atomic E-state index is 10.8. The van der Waals surface area contributed by atoms with Crippen molar-refractivity contribution in [3.05, 3.63) is 0 Å². The highest BCUT2D eigenvalue weighted by Crippen LogP contribution is 1.94. The van der Waals surface area contributed by atoms with Gasteiger partial charge in [-0.2, -0.15) is 12.6 Å². The minimum Gasteiger partial charge on any atom is -0.344 e. The molecule has 0 aliphatic rings. The largest absolute Gasteiger partial charge is 0.344 e. The van der Waals surface area contributed by atoms with Gasteiger partial charge in [0.2, 0.25) is 5.91 Å². The molecule has 12 heavy (non-hydrogen) atoms. The maximum Gasteiger partial charge on any atom is 0.265 e. The Morgan fingerprint density at radius 1 is 1.58 bits per heavy atom. The lowest BCUT2D eigenvalue weighted by molar-refractivity contribution is -0.134. The van der Waals surface area contributed by atoms with E-state index in [1.165, 1.54) is 12.4 Å². The van der Waals surface area contributed by atoms with Gasteiger partial charge in [0.1, 0.15) is 6.04 Å². The number of carbonyl (C=O) groups is 2. The number of hydrogen-bond donors (Lipinski definition) is 4. The van der Waals surface area contributed by atoms with Crippen molar-refractivity contribution in [2.24, 2.45) is 0 Å². The molecular weight excluding hydrogens is 180 g/mol. The number of hydrogen-bond acceptors (Lipinski definition) is 4. The van der Waals surface area contributed by atoms with Gasteiger partial charge in [-0.3, -0.25) is 14.8 Å². The molecule has 2 amide bonds. The zero-order valence-electron chi connectivity index (χ0n) is 6.70. The minimum atomic E-state index is -0.704. The van der Waals surface area contributed by atoms with Crippen LogP contribution in [0.5, 0.6) is 0 Å². The number of hydroxylamine groups is 1. The van der Waals surface area contributed by atoms with Gasteiger partial charge < -0.3 is 5.32 Å². The second kappa shape index (κ2) is 5.84. The fourth-order valence-electron chi connectivity index (χ4n) is 0.721. The number of rotatable bonds is 4. The van der Waals surface area contributed by atoms with Crippen LogP contribution in [0.3, 0.4) is 0 Å². The molecule has 0 saturated carbocycles. The monoisotopic (exact) mass is 192 g/mol. The van der Waals surface area contributed by atoms with Crippen molar-refractivity contribution in [1.29, 1.82) is 0 Å². The van der Waals surface area contributed by atoms with E-state index in [0.717, 1.165) is 0 Å². The molecule has 0 aliphatic heterocycles. The Labute approximate surface area is 75.9 Å². The average Bonchev–Trinajstić information content (AvgIpc) is 2.01. The van der Waals surface area contributed by atoms with Gasteiger partial charge in [0.25, 0.3) is 5.91 Å². The van der Waals surface area contributed by atoms with E-state index >= 15 is 0 Å². The lowest BCUT2D eigenvalue weighted by atomic mass is 10.2. The van der Waals surface area contributed by atoms with Gasteiger partial charge in [0.05, 0.1) is 0 Å². The van der Waals surface area contributed by atoms with E-state index in [-0.39, 0.29) is 5.91 Å². The van der Waals surface area contributed by atoms with Gasteiger partial charge >= 0.3 is 0 Å². The second-order valence-electron chi connectivity index (χ2n) is 2.24. The van der Waals surface area contributed by atoms with Crippen LogP contribution in [0.2, 0.25) is 0 Å². The summed E-state index contributed by atoms with van der Waals surface area (Å²) in [4.78, 5) is 21.4. The molecule has 1 unspecified atom stereocenters. The first-order chi connectivity index (χ1) is 5.61. The van der Waals surface area contributed by atoms with Crippen LogP contribution in [0.1, 0.15) is 13.3 Å². The molecule has 0 aliphatic carbocycles. The van der Waals surface area contributed by atoms with Gasteiger partial charge in [0, 0.05) is 6.92 Å². The molecule has 5 nitrogen and oxygen atoms in total. The molecule has 0 saturated heterocycles. The predicted molar refractivity (Wildman–Crippen MR) is 46.0 cm³/mol. The summed E-state index contributed by atoms with van der Waals surface area (Å²) < 4.78 is 0. The van der Waals surface area contributed by atoms with Crippen molar-refractivity contribution in [3.8, 4) is 0 Å². The molecule has 6 heteroatoms. The molecule has 0 aromatic rings. The summed E-state index contributed by atoms with van der Waals surface area (Å²) in [7, 11) is 0. The van der Waals surface area contributed by atoms with Crippen LogP contribution in [-0.4, -0.2) is 28.8 Å². The molecule has 0 spiro atoms. The standard InChI is InChI=1S/C6H12N2O3S/c1-4(9)7-5(2-3-12)6(10)8-11/h5,11-12H,2-3H2,1H3,(H,7,9)(H,8,10). The van der Waals surface area contributed by atoms with Crippen molar-refractivity contribution in [2.45, 2.75) is 19.4 Å². The quantitative estimate of drug-likeness (QED) is 0.271. The van der Waals surface area contributed by atoms with Crippen LogP contribution >= 0.6 is 12.6 Å². The summed E-state index contributed by atoms with van der Waals surface area (Å²) in [5, 5.41) is 10.6. The summed E-state index contributed by atoms with van der Waals surface area (Å²) in [6.45, 7) is 1.30. The first kappa shape index (κ1) is 11.2. The van der Waals surface area contributed by atoms with Crippen molar-refractivity contribution >= 4 is 24.4 Å². The molecule has 0 rings (SSSR count). The summed E-state index contributed by atoms with van der Waals surface area (Å²) in [6, 6.07) is -0.704. The van der Waals surface area contributed by atoms with Gasteiger partial charge in [-0.05, 0) is 12.2 Å². The fourth-order valence-corrected chi connectivity index (χ4v) is 0.979. The lowest BCUT2D eigenvalue weighted by Crippen LogP contribution is -2.45. The number of thiol groups is 1. The van der Waals surface area contributed by atoms with Gasteiger partial charge in [-0.15, -0.1) is 0 Å². The van der Waals surface area contributed by atoms with E-state index in [9.17, 15) is 9.59 Å². The molecule has 70 valence electrons. The van der Waals surface area contributed by atoms with Crippen molar-refractivity contribution < 1.29 is 14.8 Å². The normalized spacial score (nSPS) is 11.9. The van der Waals surface area contributed by atoms with E-state index < -0.39 is 11.9 Å². The molecule has 0 heterocycles. The zero-order chi connectivity index (χ0) is 9.56. The van der Waals surface area contributed by atoms with Crippen molar-refractivity contribution in [1.82, 2.24) is 10.8 Å². The van der Waals surface area contributed by atoms with Crippen molar-refractivity contribution in [2.75, 3.05) is 5.75 Å². The minimum absolute atomic E-state index is 0.314. The molecule has 0 aromatic heterocycles. The first-order valence-electron chi connectivity index (χ1n) is 3.43. The SMILES string of the molecule is CC(=O)NC(CCS)C(=O)NO. The summed E-state index contributed by atoms with van der Waals surface area (Å²) >= 11 is 3.90. The fraction of sp³-hybridized carbons (Fsp3) is 0.667. The van der Waals surface area contributed by atoms with Gasteiger partial charge in [-0.25, -0.2) is 5.48 Å². The van der Waals surface area contributed by atoms with Crippen LogP contribution in [-0.2, 0) is 9.59 Å². The smallest absolute Gasteiger partial charge is 0.265 e. The maximum atomic E-state index is 10.8. The summed E-state index contributed by atoms with van der Waals surface area (Å²) in [6.07, 6.45) is 0.384. The number of nitrogens with one attached hydrogen (secondary N) is 2. The highest BCUT2D eigenvalue weighted by molar-refractivity contribution is 7.80. The Bertz CT molecular complexity index is 174. The summed E-state index contributed by atoms with van der Waals surface area (Å²) in [5.74, 6) is -0.483. The third-order valence-corrected chi connectivity index (χ3v) is 1.48. The van der Waals surface area contributed by atoms with Crippen LogP contribution in [0.25, 0.3) is 0 Å². The average molecular weight is 192 g/mol. The Morgan fingerprint density at radius 3 is 2.50 bits per heavy atom. The van der Waals surface area contributed by atoms with Gasteiger partial charge in [0.15, 0.2) is 0 Å². The van der Waals surface area contributed by atoms with E-state index in [2.05, 4.69) is 17.9 Å². The Hall–Kier alpha value is -0.750. The first-order valence-corrected chi connectivity index (χ1v) is 4.07. The van der Waals surface area contributed by atoms with E-state index in [4.69, 9.17) is 5.21 Å². The molecule has 0 fully saturated rings. The second-order valence-corrected chi connectivity index (χ2v) is 2.69. The van der Waals surface area contributed by atoms with Crippen LogP contribution < -0.4 is 10.8 Å². The molecule has 0 radical (unpaired) electrons. The topological polar surface area (TPSA) is 78.4 Å². The van der Waals surface area contributed by atoms with Gasteiger partial charge in [-0.1, -0.05) is 0 Å². The van der Waals surface area contributed by atoms with E-state index in [1.54, 1.807) is 0 Å². The predicted octanol–water partition coefficient (Wildman–Crippen LogP) is -0.684. The highest BCUT2D eigenvalue weighted by Gasteiger charge is 2.17. The molecule has 3 N–H and O–H groups in total.